The van der Waals surface area contributed by atoms with Gasteiger partial charge in [-0.15, -0.1) is 0 Å². The third-order valence-corrected chi connectivity index (χ3v) is 3.80. The molecule has 102 valence electrons. The van der Waals surface area contributed by atoms with E-state index in [4.69, 9.17) is 10.5 Å². The van der Waals surface area contributed by atoms with Gasteiger partial charge in [0.05, 0.1) is 5.60 Å². The smallest absolute Gasteiger partial charge is 0.126 e. The molecule has 0 aromatic heterocycles. The number of hydrogen-bond acceptors (Lipinski definition) is 3. The summed E-state index contributed by atoms with van der Waals surface area (Å²) >= 11 is 3.45. The summed E-state index contributed by atoms with van der Waals surface area (Å²) < 4.78 is 6.80. The molecule has 0 spiro atoms. The van der Waals surface area contributed by atoms with Crippen molar-refractivity contribution in [1.29, 1.82) is 0 Å². The Bertz CT molecular complexity index is 403. The lowest BCUT2D eigenvalue weighted by Crippen LogP contribution is -2.34. The van der Waals surface area contributed by atoms with Gasteiger partial charge in [0.15, 0.2) is 0 Å². The average molecular weight is 316 g/mol. The summed E-state index contributed by atoms with van der Waals surface area (Å²) in [6.45, 7) is 6.63. The molecule has 3 N–H and O–H groups in total. The average Bonchev–Trinajstić information content (AvgIpc) is 2.36. The van der Waals surface area contributed by atoms with Crippen molar-refractivity contribution in [2.24, 2.45) is 5.73 Å². The van der Waals surface area contributed by atoms with Gasteiger partial charge in [-0.1, -0.05) is 29.8 Å². The first kappa shape index (κ1) is 15.5. The monoisotopic (exact) mass is 315 g/mol. The second-order valence-corrected chi connectivity index (χ2v) is 5.55. The Balaban J connectivity index is 2.91. The first-order chi connectivity index (χ1) is 8.45. The highest BCUT2D eigenvalue weighted by molar-refractivity contribution is 9.10. The lowest BCUT2D eigenvalue weighted by Gasteiger charge is -2.26. The summed E-state index contributed by atoms with van der Waals surface area (Å²) in [5.74, 6) is 0.793. The number of aryl methyl sites for hydroxylation is 1. The van der Waals surface area contributed by atoms with Crippen LogP contribution in [-0.2, 0) is 6.54 Å². The highest BCUT2D eigenvalue weighted by Gasteiger charge is 2.24. The van der Waals surface area contributed by atoms with Gasteiger partial charge < -0.3 is 15.6 Å². The number of halogens is 1. The van der Waals surface area contributed by atoms with Crippen molar-refractivity contribution in [3.8, 4) is 5.75 Å². The second kappa shape index (κ2) is 6.55. The van der Waals surface area contributed by atoms with Crippen LogP contribution in [0.15, 0.2) is 16.6 Å². The van der Waals surface area contributed by atoms with Gasteiger partial charge in [0.1, 0.15) is 12.4 Å². The molecular weight excluding hydrogens is 294 g/mol. The molecule has 0 fully saturated rings. The Labute approximate surface area is 117 Å². The molecule has 0 unspecified atom stereocenters. The van der Waals surface area contributed by atoms with E-state index in [2.05, 4.69) is 15.9 Å². The zero-order chi connectivity index (χ0) is 13.8. The second-order valence-electron chi connectivity index (χ2n) is 4.64. The third kappa shape index (κ3) is 3.70. The molecular formula is C14H22BrNO2. The Morgan fingerprint density at radius 2 is 1.94 bits per heavy atom. The molecule has 0 radical (unpaired) electrons. The molecule has 0 saturated carbocycles. The quantitative estimate of drug-likeness (QED) is 0.848. The van der Waals surface area contributed by atoms with Crippen LogP contribution < -0.4 is 10.5 Å². The van der Waals surface area contributed by atoms with Crippen LogP contribution in [-0.4, -0.2) is 17.3 Å². The molecule has 0 amide bonds. The molecule has 0 aliphatic rings. The third-order valence-electron chi connectivity index (χ3n) is 3.34. The lowest BCUT2D eigenvalue weighted by atomic mass is 9.99. The fourth-order valence-corrected chi connectivity index (χ4v) is 2.44. The van der Waals surface area contributed by atoms with Gasteiger partial charge in [-0.25, -0.2) is 0 Å². The summed E-state index contributed by atoms with van der Waals surface area (Å²) in [4.78, 5) is 0. The van der Waals surface area contributed by atoms with E-state index in [-0.39, 0.29) is 0 Å². The maximum atomic E-state index is 10.2. The van der Waals surface area contributed by atoms with E-state index in [1.165, 1.54) is 0 Å². The van der Waals surface area contributed by atoms with Crippen LogP contribution in [0.5, 0.6) is 5.75 Å². The predicted molar refractivity (Wildman–Crippen MR) is 77.8 cm³/mol. The fourth-order valence-electron chi connectivity index (χ4n) is 1.82. The first-order valence-corrected chi connectivity index (χ1v) is 7.09. The van der Waals surface area contributed by atoms with Crippen molar-refractivity contribution in [2.75, 3.05) is 6.61 Å². The van der Waals surface area contributed by atoms with Gasteiger partial charge in [-0.2, -0.15) is 0 Å². The largest absolute Gasteiger partial charge is 0.490 e. The Hall–Kier alpha value is -0.580. The van der Waals surface area contributed by atoms with Crippen LogP contribution in [0.1, 0.15) is 37.8 Å². The number of benzene rings is 1. The molecule has 0 aliphatic carbocycles. The minimum absolute atomic E-state index is 0.301. The lowest BCUT2D eigenvalue weighted by molar-refractivity contribution is -0.0117. The molecule has 0 atom stereocenters. The highest BCUT2D eigenvalue weighted by atomic mass is 79.9. The summed E-state index contributed by atoms with van der Waals surface area (Å²) in [7, 11) is 0. The maximum absolute atomic E-state index is 10.2. The van der Waals surface area contributed by atoms with E-state index in [1.807, 2.05) is 32.9 Å². The van der Waals surface area contributed by atoms with Gasteiger partial charge in [-0.05, 0) is 37.5 Å². The summed E-state index contributed by atoms with van der Waals surface area (Å²) in [5.41, 5.74) is 6.95. The van der Waals surface area contributed by atoms with Crippen LogP contribution in [0.3, 0.4) is 0 Å². The number of rotatable bonds is 6. The van der Waals surface area contributed by atoms with Crippen LogP contribution >= 0.6 is 15.9 Å². The zero-order valence-electron chi connectivity index (χ0n) is 11.3. The number of ether oxygens (including phenoxy) is 1. The molecule has 1 rings (SSSR count). The molecule has 1 aromatic rings. The molecule has 4 heteroatoms. The van der Waals surface area contributed by atoms with Crippen molar-refractivity contribution in [3.63, 3.8) is 0 Å². The van der Waals surface area contributed by atoms with E-state index in [0.29, 0.717) is 26.0 Å². The standard InChI is InChI=1S/C14H22BrNO2/c1-4-14(17,5-2)9-18-13-10(3)6-12(15)7-11(13)8-16/h6-7,17H,4-5,8-9,16H2,1-3H3. The first-order valence-electron chi connectivity index (χ1n) is 6.30. The molecule has 1 aromatic carbocycles. The fraction of sp³-hybridized carbons (Fsp3) is 0.571. The summed E-state index contributed by atoms with van der Waals surface area (Å²) in [6.07, 6.45) is 1.36. The normalized spacial score (nSPS) is 11.7. The van der Waals surface area contributed by atoms with E-state index < -0.39 is 5.60 Å². The van der Waals surface area contributed by atoms with Gasteiger partial charge in [0.2, 0.25) is 0 Å². The van der Waals surface area contributed by atoms with E-state index in [9.17, 15) is 5.11 Å². The van der Waals surface area contributed by atoms with Gasteiger partial charge in [-0.3, -0.25) is 0 Å². The van der Waals surface area contributed by atoms with E-state index in [1.54, 1.807) is 0 Å². The molecule has 0 saturated heterocycles. The number of hydrogen-bond donors (Lipinski definition) is 2. The minimum Gasteiger partial charge on any atom is -0.490 e. The summed E-state index contributed by atoms with van der Waals surface area (Å²) in [5, 5.41) is 10.2. The number of nitrogens with two attached hydrogens (primary N) is 1. The Morgan fingerprint density at radius 3 is 2.44 bits per heavy atom. The van der Waals surface area contributed by atoms with Gasteiger partial charge in [0, 0.05) is 16.6 Å². The number of aliphatic hydroxyl groups is 1. The highest BCUT2D eigenvalue weighted by Crippen LogP contribution is 2.29. The zero-order valence-corrected chi connectivity index (χ0v) is 12.9. The van der Waals surface area contributed by atoms with Crippen molar-refractivity contribution in [2.45, 2.75) is 45.8 Å². The maximum Gasteiger partial charge on any atom is 0.126 e. The molecule has 0 heterocycles. The van der Waals surface area contributed by atoms with Crippen LogP contribution in [0.25, 0.3) is 0 Å². The summed E-state index contributed by atoms with van der Waals surface area (Å²) in [6, 6.07) is 3.95. The Morgan fingerprint density at radius 1 is 1.33 bits per heavy atom. The van der Waals surface area contributed by atoms with Crippen LogP contribution in [0, 0.1) is 6.92 Å². The predicted octanol–water partition coefficient (Wildman–Crippen LogP) is 3.15. The minimum atomic E-state index is -0.759. The van der Waals surface area contributed by atoms with Gasteiger partial charge >= 0.3 is 0 Å². The van der Waals surface area contributed by atoms with E-state index >= 15 is 0 Å². The molecule has 3 nitrogen and oxygen atoms in total. The van der Waals surface area contributed by atoms with Gasteiger partial charge in [0.25, 0.3) is 0 Å². The Kier molecular flexibility index (Phi) is 5.63. The van der Waals surface area contributed by atoms with Crippen LogP contribution in [0.4, 0.5) is 0 Å². The topological polar surface area (TPSA) is 55.5 Å². The van der Waals surface area contributed by atoms with Crippen molar-refractivity contribution in [3.05, 3.63) is 27.7 Å². The van der Waals surface area contributed by atoms with Crippen molar-refractivity contribution in [1.82, 2.24) is 0 Å². The van der Waals surface area contributed by atoms with Crippen molar-refractivity contribution >= 4 is 15.9 Å². The van der Waals surface area contributed by atoms with Crippen molar-refractivity contribution < 1.29 is 9.84 Å². The molecule has 0 bridgehead atoms. The van der Waals surface area contributed by atoms with Crippen LogP contribution in [0.2, 0.25) is 0 Å². The van der Waals surface area contributed by atoms with E-state index in [0.717, 1.165) is 21.3 Å². The SMILES string of the molecule is CCC(O)(CC)COc1c(C)cc(Br)cc1CN. The molecule has 18 heavy (non-hydrogen) atoms. The molecule has 0 aliphatic heterocycles.